The molecule has 1 rings (SSSR count). The molecule has 0 aliphatic rings. The monoisotopic (exact) mass is 269 g/mol. The summed E-state index contributed by atoms with van der Waals surface area (Å²) in [6, 6.07) is 5.09. The van der Waals surface area contributed by atoms with Crippen LogP contribution < -0.4 is 0 Å². The minimum absolute atomic E-state index is 0.0451. The fraction of sp³-hybridized carbons (Fsp3) is 0.385. The van der Waals surface area contributed by atoms with E-state index in [0.29, 0.717) is 5.56 Å². The van der Waals surface area contributed by atoms with E-state index in [1.54, 1.807) is 0 Å². The van der Waals surface area contributed by atoms with Crippen molar-refractivity contribution in [1.29, 1.82) is 0 Å². The van der Waals surface area contributed by atoms with E-state index in [0.717, 1.165) is 0 Å². The molecule has 0 aliphatic heterocycles. The maximum absolute atomic E-state index is 12.8. The lowest BCUT2D eigenvalue weighted by molar-refractivity contribution is -0.140. The third-order valence-corrected chi connectivity index (χ3v) is 2.56. The molecule has 1 aromatic rings. The normalized spacial score (nSPS) is 10.1. The van der Waals surface area contributed by atoms with Crippen molar-refractivity contribution < 1.29 is 23.8 Å². The Morgan fingerprint density at radius 2 is 1.89 bits per heavy atom. The van der Waals surface area contributed by atoms with Gasteiger partial charge < -0.3 is 14.7 Å². The zero-order chi connectivity index (χ0) is 14.3. The highest BCUT2D eigenvalue weighted by Gasteiger charge is 2.16. The van der Waals surface area contributed by atoms with Crippen LogP contribution in [0.5, 0.6) is 0 Å². The van der Waals surface area contributed by atoms with Crippen molar-refractivity contribution in [3.05, 3.63) is 35.6 Å². The fourth-order valence-electron chi connectivity index (χ4n) is 1.54. The molecule has 1 aromatic carbocycles. The number of amides is 1. The third kappa shape index (κ3) is 4.67. The highest BCUT2D eigenvalue weighted by molar-refractivity contribution is 5.94. The van der Waals surface area contributed by atoms with E-state index >= 15 is 0 Å². The molecule has 5 nitrogen and oxygen atoms in total. The predicted molar refractivity (Wildman–Crippen MR) is 66.0 cm³/mol. The van der Waals surface area contributed by atoms with Crippen molar-refractivity contribution in [3.8, 4) is 0 Å². The Balaban J connectivity index is 2.71. The first-order valence-electron chi connectivity index (χ1n) is 5.81. The Kier molecular flexibility index (Phi) is 5.95. The molecule has 0 spiro atoms. The van der Waals surface area contributed by atoms with Gasteiger partial charge in [0.25, 0.3) is 5.91 Å². The number of carbonyl (C=O) groups is 2. The van der Waals surface area contributed by atoms with Crippen LogP contribution >= 0.6 is 0 Å². The summed E-state index contributed by atoms with van der Waals surface area (Å²) in [6.07, 6.45) is 0.0451. The molecule has 0 saturated heterocycles. The molecule has 1 amide bonds. The largest absolute Gasteiger partial charge is 0.469 e. The Morgan fingerprint density at radius 1 is 1.26 bits per heavy atom. The lowest BCUT2D eigenvalue weighted by Crippen LogP contribution is -2.35. The molecule has 6 heteroatoms. The van der Waals surface area contributed by atoms with Crippen LogP contribution in [0, 0.1) is 5.82 Å². The van der Waals surface area contributed by atoms with Gasteiger partial charge in [0.2, 0.25) is 0 Å². The number of rotatable bonds is 6. The number of ether oxygens (including phenoxy) is 1. The number of carbonyl (C=O) groups excluding carboxylic acids is 2. The minimum Gasteiger partial charge on any atom is -0.469 e. The van der Waals surface area contributed by atoms with E-state index in [1.165, 1.54) is 36.3 Å². The van der Waals surface area contributed by atoms with Crippen LogP contribution in [0.25, 0.3) is 0 Å². The smallest absolute Gasteiger partial charge is 0.307 e. The third-order valence-electron chi connectivity index (χ3n) is 2.56. The van der Waals surface area contributed by atoms with Gasteiger partial charge >= 0.3 is 5.97 Å². The summed E-state index contributed by atoms with van der Waals surface area (Å²) in [4.78, 5) is 24.5. The molecule has 104 valence electrons. The lowest BCUT2D eigenvalue weighted by Gasteiger charge is -2.21. The summed E-state index contributed by atoms with van der Waals surface area (Å²) >= 11 is 0. The highest BCUT2D eigenvalue weighted by atomic mass is 19.1. The summed E-state index contributed by atoms with van der Waals surface area (Å²) < 4.78 is 17.3. The van der Waals surface area contributed by atoms with Crippen molar-refractivity contribution >= 4 is 11.9 Å². The molecule has 0 atom stereocenters. The van der Waals surface area contributed by atoms with Crippen LogP contribution in [0.3, 0.4) is 0 Å². The van der Waals surface area contributed by atoms with Gasteiger partial charge in [0.1, 0.15) is 5.82 Å². The van der Waals surface area contributed by atoms with Crippen LogP contribution in [0.15, 0.2) is 24.3 Å². The Bertz CT molecular complexity index is 433. The van der Waals surface area contributed by atoms with Gasteiger partial charge in [-0.05, 0) is 24.3 Å². The number of benzene rings is 1. The molecular weight excluding hydrogens is 253 g/mol. The minimum atomic E-state index is -0.435. The van der Waals surface area contributed by atoms with Crippen molar-refractivity contribution in [2.75, 3.05) is 26.8 Å². The van der Waals surface area contributed by atoms with Crippen molar-refractivity contribution in [2.24, 2.45) is 0 Å². The van der Waals surface area contributed by atoms with Crippen LogP contribution in [-0.2, 0) is 9.53 Å². The Labute approximate surface area is 110 Å². The van der Waals surface area contributed by atoms with Gasteiger partial charge in [-0.15, -0.1) is 0 Å². The number of methoxy groups -OCH3 is 1. The van der Waals surface area contributed by atoms with Crippen molar-refractivity contribution in [3.63, 3.8) is 0 Å². The Hall–Kier alpha value is -1.95. The second-order valence-electron chi connectivity index (χ2n) is 3.85. The van der Waals surface area contributed by atoms with E-state index in [4.69, 9.17) is 5.11 Å². The molecule has 0 bridgehead atoms. The highest BCUT2D eigenvalue weighted by Crippen LogP contribution is 2.07. The standard InChI is InChI=1S/C13H16FNO4/c1-19-12(17)6-7-15(8-9-16)13(18)10-2-4-11(14)5-3-10/h2-5,16H,6-9H2,1H3. The van der Waals surface area contributed by atoms with Crippen LogP contribution in [0.2, 0.25) is 0 Å². The van der Waals surface area contributed by atoms with Gasteiger partial charge in [-0.3, -0.25) is 9.59 Å². The molecule has 0 aromatic heterocycles. The van der Waals surface area contributed by atoms with Gasteiger partial charge in [0.15, 0.2) is 0 Å². The molecule has 0 aliphatic carbocycles. The zero-order valence-electron chi connectivity index (χ0n) is 10.6. The maximum atomic E-state index is 12.8. The molecule has 0 unspecified atom stereocenters. The number of aliphatic hydroxyl groups excluding tert-OH is 1. The molecule has 1 N–H and O–H groups in total. The number of esters is 1. The maximum Gasteiger partial charge on any atom is 0.307 e. The molecule has 0 fully saturated rings. The molecule has 19 heavy (non-hydrogen) atoms. The zero-order valence-corrected chi connectivity index (χ0v) is 10.6. The Morgan fingerprint density at radius 3 is 2.42 bits per heavy atom. The summed E-state index contributed by atoms with van der Waals surface area (Å²) in [6.45, 7) is 0.0325. The van der Waals surface area contributed by atoms with Crippen molar-refractivity contribution in [1.82, 2.24) is 4.90 Å². The van der Waals surface area contributed by atoms with E-state index in [-0.39, 0.29) is 32.0 Å². The number of hydrogen-bond acceptors (Lipinski definition) is 4. The molecular formula is C13H16FNO4. The first-order valence-corrected chi connectivity index (χ1v) is 5.81. The van der Waals surface area contributed by atoms with Crippen LogP contribution in [0.1, 0.15) is 16.8 Å². The van der Waals surface area contributed by atoms with Gasteiger partial charge in [-0.1, -0.05) is 0 Å². The van der Waals surface area contributed by atoms with Gasteiger partial charge in [0, 0.05) is 18.7 Å². The number of aliphatic hydroxyl groups is 1. The second kappa shape index (κ2) is 7.48. The number of halogens is 1. The van der Waals surface area contributed by atoms with E-state index in [1.807, 2.05) is 0 Å². The SMILES string of the molecule is COC(=O)CCN(CCO)C(=O)c1ccc(F)cc1. The predicted octanol–water partition coefficient (Wildman–Crippen LogP) is 0.823. The van der Waals surface area contributed by atoms with E-state index in [2.05, 4.69) is 4.74 Å². The van der Waals surface area contributed by atoms with E-state index < -0.39 is 11.8 Å². The summed E-state index contributed by atoms with van der Waals surface area (Å²) in [5.41, 5.74) is 0.305. The number of nitrogens with zero attached hydrogens (tertiary/aromatic N) is 1. The summed E-state index contributed by atoms with van der Waals surface area (Å²) in [7, 11) is 1.26. The first-order chi connectivity index (χ1) is 9.08. The lowest BCUT2D eigenvalue weighted by atomic mass is 10.2. The van der Waals surface area contributed by atoms with Gasteiger partial charge in [-0.2, -0.15) is 0 Å². The van der Waals surface area contributed by atoms with Crippen LogP contribution in [0.4, 0.5) is 4.39 Å². The van der Waals surface area contributed by atoms with Crippen molar-refractivity contribution in [2.45, 2.75) is 6.42 Å². The summed E-state index contributed by atoms with van der Waals surface area (Å²) in [5.74, 6) is -1.23. The number of hydrogen-bond donors (Lipinski definition) is 1. The van der Waals surface area contributed by atoms with Gasteiger partial charge in [0.05, 0.1) is 20.1 Å². The fourth-order valence-corrected chi connectivity index (χ4v) is 1.54. The average Bonchev–Trinajstić information content (AvgIpc) is 2.43. The summed E-state index contributed by atoms with van der Waals surface area (Å²) in [5, 5.41) is 8.93. The van der Waals surface area contributed by atoms with Crippen LogP contribution in [-0.4, -0.2) is 48.7 Å². The first kappa shape index (κ1) is 15.1. The van der Waals surface area contributed by atoms with Gasteiger partial charge in [-0.25, -0.2) is 4.39 Å². The quantitative estimate of drug-likeness (QED) is 0.777. The second-order valence-corrected chi connectivity index (χ2v) is 3.85. The molecule has 0 heterocycles. The molecule has 0 radical (unpaired) electrons. The average molecular weight is 269 g/mol. The van der Waals surface area contributed by atoms with E-state index in [9.17, 15) is 14.0 Å². The molecule has 0 saturated carbocycles. The topological polar surface area (TPSA) is 66.8 Å².